The van der Waals surface area contributed by atoms with Gasteiger partial charge in [0.1, 0.15) is 5.82 Å². The summed E-state index contributed by atoms with van der Waals surface area (Å²) in [5, 5.41) is 10.2. The third-order valence-corrected chi connectivity index (χ3v) is 4.02. The molecule has 1 N–H and O–H groups in total. The number of hydrogen-bond acceptors (Lipinski definition) is 1. The van der Waals surface area contributed by atoms with Crippen molar-refractivity contribution >= 4 is 0 Å². The van der Waals surface area contributed by atoms with Gasteiger partial charge in [0.05, 0.1) is 6.10 Å². The van der Waals surface area contributed by atoms with E-state index < -0.39 is 0 Å². The van der Waals surface area contributed by atoms with E-state index in [2.05, 4.69) is 6.92 Å². The smallest absolute Gasteiger partial charge is 0.123 e. The average Bonchev–Trinajstić information content (AvgIpc) is 2.70. The Hall–Kier alpha value is -0.890. The largest absolute Gasteiger partial charge is 0.392 e. The number of aliphatic hydroxyl groups is 1. The summed E-state index contributed by atoms with van der Waals surface area (Å²) in [5.41, 5.74) is 2.01. The number of aryl methyl sites for hydroxylation is 1. The fourth-order valence-electron chi connectivity index (χ4n) is 2.85. The molecule has 3 unspecified atom stereocenters. The fraction of sp³-hybridized carbons (Fsp3) is 0.600. The molecule has 2 heteroatoms. The topological polar surface area (TPSA) is 20.2 Å². The van der Waals surface area contributed by atoms with Gasteiger partial charge in [-0.2, -0.15) is 0 Å². The molecule has 1 fully saturated rings. The summed E-state index contributed by atoms with van der Waals surface area (Å²) in [5.74, 6) is 0.911. The van der Waals surface area contributed by atoms with E-state index in [-0.39, 0.29) is 11.9 Å². The minimum Gasteiger partial charge on any atom is -0.392 e. The molecule has 0 aliphatic heterocycles. The highest BCUT2D eigenvalue weighted by Gasteiger charge is 2.27. The third kappa shape index (κ3) is 3.06. The van der Waals surface area contributed by atoms with E-state index in [0.717, 1.165) is 29.9 Å². The van der Waals surface area contributed by atoms with E-state index in [0.29, 0.717) is 12.3 Å². The van der Waals surface area contributed by atoms with E-state index in [1.807, 2.05) is 6.92 Å². The highest BCUT2D eigenvalue weighted by Crippen LogP contribution is 2.33. The van der Waals surface area contributed by atoms with Crippen molar-refractivity contribution in [2.75, 3.05) is 0 Å². The fourth-order valence-corrected chi connectivity index (χ4v) is 2.85. The molecule has 1 aromatic rings. The van der Waals surface area contributed by atoms with Gasteiger partial charge >= 0.3 is 0 Å². The molecule has 1 saturated carbocycles. The van der Waals surface area contributed by atoms with Crippen LogP contribution in [-0.4, -0.2) is 11.2 Å². The van der Waals surface area contributed by atoms with Crippen LogP contribution in [0, 0.1) is 24.6 Å². The van der Waals surface area contributed by atoms with E-state index in [9.17, 15) is 9.50 Å². The first-order valence-electron chi connectivity index (χ1n) is 6.49. The summed E-state index contributed by atoms with van der Waals surface area (Å²) in [4.78, 5) is 0. The maximum absolute atomic E-state index is 13.2. The lowest BCUT2D eigenvalue weighted by Crippen LogP contribution is -2.21. The Bertz CT molecular complexity index is 389. The average molecular weight is 236 g/mol. The number of aliphatic hydroxyl groups excluding tert-OH is 1. The minimum absolute atomic E-state index is 0.211. The van der Waals surface area contributed by atoms with Gasteiger partial charge in [0.2, 0.25) is 0 Å². The van der Waals surface area contributed by atoms with Gasteiger partial charge in [-0.1, -0.05) is 19.4 Å². The highest BCUT2D eigenvalue weighted by molar-refractivity contribution is 5.27. The van der Waals surface area contributed by atoms with Crippen LogP contribution in [0.2, 0.25) is 0 Å². The molecule has 0 spiro atoms. The zero-order valence-electron chi connectivity index (χ0n) is 10.6. The molecule has 2 rings (SSSR count). The second-order valence-electron chi connectivity index (χ2n) is 5.52. The molecule has 1 aromatic carbocycles. The Labute approximate surface area is 103 Å². The van der Waals surface area contributed by atoms with Gasteiger partial charge < -0.3 is 5.11 Å². The summed E-state index contributed by atoms with van der Waals surface area (Å²) >= 11 is 0. The van der Waals surface area contributed by atoms with Crippen LogP contribution in [0.15, 0.2) is 18.2 Å². The van der Waals surface area contributed by atoms with Crippen LogP contribution < -0.4 is 0 Å². The second kappa shape index (κ2) is 5.18. The van der Waals surface area contributed by atoms with Crippen molar-refractivity contribution in [1.82, 2.24) is 0 Å². The summed E-state index contributed by atoms with van der Waals surface area (Å²) in [7, 11) is 0. The monoisotopic (exact) mass is 236 g/mol. The zero-order chi connectivity index (χ0) is 12.4. The van der Waals surface area contributed by atoms with Crippen molar-refractivity contribution in [3.05, 3.63) is 35.1 Å². The SMILES string of the molecule is Cc1ccc(F)cc1CC(O)C1CCC(C)C1. The van der Waals surface area contributed by atoms with Crippen LogP contribution in [-0.2, 0) is 6.42 Å². The first-order valence-corrected chi connectivity index (χ1v) is 6.49. The van der Waals surface area contributed by atoms with Gasteiger partial charge in [-0.15, -0.1) is 0 Å². The first kappa shape index (κ1) is 12.6. The highest BCUT2D eigenvalue weighted by atomic mass is 19.1. The molecule has 3 atom stereocenters. The Morgan fingerprint density at radius 2 is 2.18 bits per heavy atom. The summed E-state index contributed by atoms with van der Waals surface area (Å²) < 4.78 is 13.2. The van der Waals surface area contributed by atoms with Crippen molar-refractivity contribution in [3.8, 4) is 0 Å². The third-order valence-electron chi connectivity index (χ3n) is 4.02. The van der Waals surface area contributed by atoms with Crippen molar-refractivity contribution in [2.24, 2.45) is 11.8 Å². The number of rotatable bonds is 3. The molecule has 0 heterocycles. The normalized spacial score (nSPS) is 26.1. The molecule has 94 valence electrons. The molecule has 0 saturated heterocycles. The summed E-state index contributed by atoms with van der Waals surface area (Å²) in [6.07, 6.45) is 3.69. The first-order chi connectivity index (χ1) is 8.06. The lowest BCUT2D eigenvalue weighted by atomic mass is 9.92. The van der Waals surface area contributed by atoms with E-state index in [1.54, 1.807) is 12.1 Å². The Kier molecular flexibility index (Phi) is 3.82. The molecule has 0 bridgehead atoms. The lowest BCUT2D eigenvalue weighted by Gasteiger charge is -2.19. The predicted molar refractivity (Wildman–Crippen MR) is 67.4 cm³/mol. The maximum Gasteiger partial charge on any atom is 0.123 e. The predicted octanol–water partition coefficient (Wildman–Crippen LogP) is 3.47. The molecular formula is C15H21FO. The quantitative estimate of drug-likeness (QED) is 0.852. The second-order valence-corrected chi connectivity index (χ2v) is 5.52. The maximum atomic E-state index is 13.2. The van der Waals surface area contributed by atoms with Crippen LogP contribution >= 0.6 is 0 Å². The lowest BCUT2D eigenvalue weighted by molar-refractivity contribution is 0.109. The van der Waals surface area contributed by atoms with Crippen LogP contribution in [0.4, 0.5) is 4.39 Å². The standard InChI is InChI=1S/C15H21FO/c1-10-3-5-12(7-10)15(17)9-13-8-14(16)6-4-11(13)2/h4,6,8,10,12,15,17H,3,5,7,9H2,1-2H3. The number of benzene rings is 1. The number of halogens is 1. The molecule has 1 nitrogen and oxygen atoms in total. The molecule has 0 aromatic heterocycles. The van der Waals surface area contributed by atoms with Gasteiger partial charge in [0.25, 0.3) is 0 Å². The molecular weight excluding hydrogens is 215 g/mol. The van der Waals surface area contributed by atoms with E-state index in [1.165, 1.54) is 12.5 Å². The van der Waals surface area contributed by atoms with Gasteiger partial charge in [0, 0.05) is 0 Å². The van der Waals surface area contributed by atoms with Gasteiger partial charge in [-0.25, -0.2) is 4.39 Å². The van der Waals surface area contributed by atoms with E-state index >= 15 is 0 Å². The van der Waals surface area contributed by atoms with Crippen LogP contribution in [0.5, 0.6) is 0 Å². The summed E-state index contributed by atoms with van der Waals surface area (Å²) in [6, 6.07) is 4.81. The van der Waals surface area contributed by atoms with Gasteiger partial charge in [0.15, 0.2) is 0 Å². The van der Waals surface area contributed by atoms with Crippen LogP contribution in [0.25, 0.3) is 0 Å². The molecule has 0 amide bonds. The minimum atomic E-state index is -0.319. The van der Waals surface area contributed by atoms with Gasteiger partial charge in [-0.05, 0) is 61.3 Å². The van der Waals surface area contributed by atoms with Crippen molar-refractivity contribution in [1.29, 1.82) is 0 Å². The van der Waals surface area contributed by atoms with Crippen molar-refractivity contribution in [2.45, 2.75) is 45.6 Å². The van der Waals surface area contributed by atoms with Crippen molar-refractivity contribution in [3.63, 3.8) is 0 Å². The molecule has 1 aliphatic carbocycles. The van der Waals surface area contributed by atoms with Crippen LogP contribution in [0.3, 0.4) is 0 Å². The van der Waals surface area contributed by atoms with Gasteiger partial charge in [-0.3, -0.25) is 0 Å². The molecule has 1 aliphatic rings. The van der Waals surface area contributed by atoms with E-state index in [4.69, 9.17) is 0 Å². The Balaban J connectivity index is 2.02. The number of hydrogen-bond donors (Lipinski definition) is 1. The zero-order valence-corrected chi connectivity index (χ0v) is 10.6. The van der Waals surface area contributed by atoms with Crippen LogP contribution in [0.1, 0.15) is 37.3 Å². The Morgan fingerprint density at radius 1 is 1.41 bits per heavy atom. The summed E-state index contributed by atoms with van der Waals surface area (Å²) in [6.45, 7) is 4.21. The van der Waals surface area contributed by atoms with Crippen molar-refractivity contribution < 1.29 is 9.50 Å². The molecule has 0 radical (unpaired) electrons. The Morgan fingerprint density at radius 3 is 2.82 bits per heavy atom. The molecule has 17 heavy (non-hydrogen) atoms.